The lowest BCUT2D eigenvalue weighted by atomic mass is 9.97. The van der Waals surface area contributed by atoms with Crippen LogP contribution in [0, 0.1) is 0 Å². The lowest BCUT2D eigenvalue weighted by molar-refractivity contribution is -0.134. The first-order valence-corrected chi connectivity index (χ1v) is 9.54. The summed E-state index contributed by atoms with van der Waals surface area (Å²) in [5.41, 5.74) is 11.6. The van der Waals surface area contributed by atoms with Crippen molar-refractivity contribution in [1.82, 2.24) is 0 Å². The van der Waals surface area contributed by atoms with Crippen LogP contribution < -0.4 is 11.5 Å². The van der Waals surface area contributed by atoms with Gasteiger partial charge in [0.05, 0.1) is 6.04 Å². The number of nitrogens with two attached hydrogens (primary N) is 2. The predicted molar refractivity (Wildman–Crippen MR) is 112 cm³/mol. The summed E-state index contributed by atoms with van der Waals surface area (Å²) in [6.45, 7) is 0.448. The number of ketones is 3. The summed E-state index contributed by atoms with van der Waals surface area (Å²) in [6.07, 6.45) is 2.31. The summed E-state index contributed by atoms with van der Waals surface area (Å²) in [6, 6.07) is 13.5. The number of carbonyl (C=O) groups excluding carboxylic acids is 3. The van der Waals surface area contributed by atoms with E-state index in [0.29, 0.717) is 30.5 Å². The standard InChI is InChI=1S/C23H24N2O5/c24-13-5-4-8-19(25)22(28)18(23(29)30)14-20(26)15-9-11-17(12-10-15)21(27)16-6-2-1-3-7-16/h1-3,6-7,9-12,14,19H,4-5,8,13,24-25H2,(H,29,30)/t19-/m0/s1. The number of carbonyl (C=O) groups is 4. The van der Waals surface area contributed by atoms with Crippen LogP contribution in [0.15, 0.2) is 66.2 Å². The molecule has 0 fully saturated rings. The Kier molecular flexibility index (Phi) is 8.34. The number of carboxylic acid groups (broad SMARTS) is 1. The first-order chi connectivity index (χ1) is 14.3. The second kappa shape index (κ2) is 10.9. The molecule has 0 aliphatic carbocycles. The molecule has 0 aromatic heterocycles. The van der Waals surface area contributed by atoms with Gasteiger partial charge >= 0.3 is 5.97 Å². The third-order valence-electron chi connectivity index (χ3n) is 4.54. The van der Waals surface area contributed by atoms with Gasteiger partial charge in [-0.2, -0.15) is 0 Å². The third kappa shape index (κ3) is 6.04. The van der Waals surface area contributed by atoms with Crippen LogP contribution in [0.5, 0.6) is 0 Å². The van der Waals surface area contributed by atoms with Crippen molar-refractivity contribution in [2.24, 2.45) is 11.5 Å². The molecule has 0 aliphatic heterocycles. The normalized spacial score (nSPS) is 12.3. The van der Waals surface area contributed by atoms with E-state index < -0.39 is 29.2 Å². The number of allylic oxidation sites excluding steroid dienone is 1. The molecule has 2 aromatic rings. The molecule has 7 nitrogen and oxygen atoms in total. The smallest absolute Gasteiger partial charge is 0.339 e. The Morgan fingerprint density at radius 1 is 0.867 bits per heavy atom. The molecule has 0 spiro atoms. The van der Waals surface area contributed by atoms with Gasteiger partial charge in [0.2, 0.25) is 0 Å². The Hall–Kier alpha value is -3.42. The van der Waals surface area contributed by atoms with Crippen molar-refractivity contribution in [2.45, 2.75) is 25.3 Å². The van der Waals surface area contributed by atoms with Gasteiger partial charge < -0.3 is 16.6 Å². The van der Waals surface area contributed by atoms with Crippen molar-refractivity contribution < 1.29 is 24.3 Å². The zero-order valence-corrected chi connectivity index (χ0v) is 16.4. The quantitative estimate of drug-likeness (QED) is 0.170. The molecule has 0 radical (unpaired) electrons. The van der Waals surface area contributed by atoms with Crippen LogP contribution in [-0.2, 0) is 9.59 Å². The molecule has 0 aliphatic rings. The number of aliphatic carboxylic acids is 1. The van der Waals surface area contributed by atoms with Gasteiger partial charge in [-0.25, -0.2) is 4.79 Å². The summed E-state index contributed by atoms with van der Waals surface area (Å²) < 4.78 is 0. The van der Waals surface area contributed by atoms with Gasteiger partial charge in [0, 0.05) is 22.8 Å². The minimum atomic E-state index is -1.52. The zero-order valence-electron chi connectivity index (χ0n) is 16.4. The summed E-state index contributed by atoms with van der Waals surface area (Å²) in [4.78, 5) is 48.7. The fraction of sp³-hybridized carbons (Fsp3) is 0.217. The van der Waals surface area contributed by atoms with Crippen molar-refractivity contribution in [1.29, 1.82) is 0 Å². The second-order valence-electron chi connectivity index (χ2n) is 6.76. The number of unbranched alkanes of at least 4 members (excludes halogenated alkanes) is 1. The van der Waals surface area contributed by atoms with E-state index >= 15 is 0 Å². The molecule has 0 unspecified atom stereocenters. The monoisotopic (exact) mass is 408 g/mol. The largest absolute Gasteiger partial charge is 0.478 e. The highest BCUT2D eigenvalue weighted by atomic mass is 16.4. The molecule has 0 saturated carbocycles. The molecule has 7 heteroatoms. The maximum atomic E-state index is 12.5. The van der Waals surface area contributed by atoms with E-state index in [2.05, 4.69) is 0 Å². The minimum Gasteiger partial charge on any atom is -0.478 e. The maximum absolute atomic E-state index is 12.5. The van der Waals surface area contributed by atoms with Gasteiger partial charge in [-0.15, -0.1) is 0 Å². The molecule has 156 valence electrons. The molecule has 1 atom stereocenters. The van der Waals surface area contributed by atoms with E-state index in [1.54, 1.807) is 30.3 Å². The van der Waals surface area contributed by atoms with Crippen LogP contribution in [0.4, 0.5) is 0 Å². The van der Waals surface area contributed by atoms with Gasteiger partial charge in [-0.05, 0) is 19.4 Å². The first-order valence-electron chi connectivity index (χ1n) is 9.54. The van der Waals surface area contributed by atoms with E-state index in [1.165, 1.54) is 24.3 Å². The summed E-state index contributed by atoms with van der Waals surface area (Å²) in [5.74, 6) is -3.18. The van der Waals surface area contributed by atoms with E-state index in [9.17, 15) is 24.3 Å². The molecule has 0 bridgehead atoms. The van der Waals surface area contributed by atoms with Crippen molar-refractivity contribution in [3.05, 3.63) is 82.9 Å². The topological polar surface area (TPSA) is 141 Å². The Bertz CT molecular complexity index is 949. The Balaban J connectivity index is 2.17. The predicted octanol–water partition coefficient (Wildman–Crippen LogP) is 2.14. The molecule has 2 aromatic carbocycles. The highest BCUT2D eigenvalue weighted by Gasteiger charge is 2.24. The van der Waals surface area contributed by atoms with Crippen LogP contribution in [0.2, 0.25) is 0 Å². The Labute approximate surface area is 174 Å². The van der Waals surface area contributed by atoms with Gasteiger partial charge in [-0.3, -0.25) is 14.4 Å². The Morgan fingerprint density at radius 2 is 1.43 bits per heavy atom. The van der Waals surface area contributed by atoms with Crippen LogP contribution >= 0.6 is 0 Å². The van der Waals surface area contributed by atoms with Gasteiger partial charge in [0.1, 0.15) is 5.57 Å². The molecular formula is C23H24N2O5. The molecule has 30 heavy (non-hydrogen) atoms. The maximum Gasteiger partial charge on any atom is 0.339 e. The second-order valence-corrected chi connectivity index (χ2v) is 6.76. The number of Topliss-reactive ketones (excluding diaryl/α,β-unsaturated/α-hetero) is 1. The third-order valence-corrected chi connectivity index (χ3v) is 4.54. The van der Waals surface area contributed by atoms with Crippen LogP contribution in [0.1, 0.15) is 45.5 Å². The van der Waals surface area contributed by atoms with Gasteiger partial charge in [0.15, 0.2) is 17.3 Å². The van der Waals surface area contributed by atoms with E-state index in [1.807, 2.05) is 0 Å². The SMILES string of the molecule is NCCCC[C@H](N)C(=O)C(=CC(=O)c1ccc(C(=O)c2ccccc2)cc1)C(=O)O. The number of benzene rings is 2. The highest BCUT2D eigenvalue weighted by molar-refractivity contribution is 6.23. The van der Waals surface area contributed by atoms with Crippen molar-refractivity contribution in [2.75, 3.05) is 6.54 Å². The first kappa shape index (κ1) is 22.9. The van der Waals surface area contributed by atoms with E-state index in [4.69, 9.17) is 11.5 Å². The fourth-order valence-corrected chi connectivity index (χ4v) is 2.83. The molecule has 0 heterocycles. The van der Waals surface area contributed by atoms with Crippen LogP contribution in [0.25, 0.3) is 0 Å². The van der Waals surface area contributed by atoms with Gasteiger partial charge in [-0.1, -0.05) is 61.0 Å². The zero-order chi connectivity index (χ0) is 22.1. The van der Waals surface area contributed by atoms with Crippen molar-refractivity contribution in [3.8, 4) is 0 Å². The molecular weight excluding hydrogens is 384 g/mol. The Morgan fingerprint density at radius 3 is 2.00 bits per heavy atom. The van der Waals surface area contributed by atoms with Crippen LogP contribution in [-0.4, -0.2) is 41.0 Å². The average Bonchev–Trinajstić information content (AvgIpc) is 2.77. The minimum absolute atomic E-state index is 0.155. The highest BCUT2D eigenvalue weighted by Crippen LogP contribution is 2.13. The molecule has 5 N–H and O–H groups in total. The lowest BCUT2D eigenvalue weighted by Gasteiger charge is -2.10. The van der Waals surface area contributed by atoms with Crippen molar-refractivity contribution >= 4 is 23.3 Å². The average molecular weight is 408 g/mol. The van der Waals surface area contributed by atoms with Gasteiger partial charge in [0.25, 0.3) is 0 Å². The van der Waals surface area contributed by atoms with Crippen molar-refractivity contribution in [3.63, 3.8) is 0 Å². The van der Waals surface area contributed by atoms with E-state index in [-0.39, 0.29) is 17.8 Å². The number of hydrogen-bond donors (Lipinski definition) is 3. The number of rotatable bonds is 11. The molecule has 2 rings (SSSR count). The summed E-state index contributed by atoms with van der Waals surface area (Å²) >= 11 is 0. The summed E-state index contributed by atoms with van der Waals surface area (Å²) in [7, 11) is 0. The number of hydrogen-bond acceptors (Lipinski definition) is 6. The van der Waals surface area contributed by atoms with Crippen LogP contribution in [0.3, 0.4) is 0 Å². The summed E-state index contributed by atoms with van der Waals surface area (Å²) in [5, 5.41) is 9.34. The molecule has 0 saturated heterocycles. The van der Waals surface area contributed by atoms with E-state index in [0.717, 1.165) is 6.08 Å². The number of carboxylic acids is 1. The molecule has 0 amide bonds. The fourth-order valence-electron chi connectivity index (χ4n) is 2.83. The lowest BCUT2D eigenvalue weighted by Crippen LogP contribution is -2.34.